The van der Waals surface area contributed by atoms with Gasteiger partial charge in [-0.2, -0.15) is 16.9 Å². The minimum absolute atomic E-state index is 0.0852. The number of rotatable bonds is 8. The number of carbonyl (C=O) groups excluding carboxylic acids is 1. The van der Waals surface area contributed by atoms with E-state index >= 15 is 0 Å². The summed E-state index contributed by atoms with van der Waals surface area (Å²) >= 11 is 1.70. The van der Waals surface area contributed by atoms with Crippen molar-refractivity contribution in [3.8, 4) is 0 Å². The molecular weight excluding hydrogens is 380 g/mol. The van der Waals surface area contributed by atoms with Gasteiger partial charge in [-0.3, -0.25) is 14.6 Å². The van der Waals surface area contributed by atoms with Gasteiger partial charge in [0.2, 0.25) is 5.91 Å². The van der Waals surface area contributed by atoms with E-state index in [1.54, 1.807) is 11.8 Å². The van der Waals surface area contributed by atoms with Gasteiger partial charge in [0.1, 0.15) is 11.5 Å². The molecule has 1 aromatic carbocycles. The third kappa shape index (κ3) is 4.50. The van der Waals surface area contributed by atoms with Crippen LogP contribution in [0.15, 0.2) is 33.9 Å². The van der Waals surface area contributed by atoms with Crippen LogP contribution in [-0.2, 0) is 18.3 Å². The number of H-pyrrole nitrogens is 2. The van der Waals surface area contributed by atoms with Gasteiger partial charge < -0.3 is 9.88 Å². The summed E-state index contributed by atoms with van der Waals surface area (Å²) in [7, 11) is 1.94. The Morgan fingerprint density at radius 2 is 2.11 bits per heavy atom. The second-order valence-corrected chi connectivity index (χ2v) is 7.36. The van der Waals surface area contributed by atoms with Gasteiger partial charge in [-0.05, 0) is 30.6 Å². The van der Waals surface area contributed by atoms with Crippen molar-refractivity contribution in [2.45, 2.75) is 25.3 Å². The first kappa shape index (κ1) is 19.9. The topological polar surface area (TPSA) is 126 Å². The second-order valence-electron chi connectivity index (χ2n) is 6.37. The van der Waals surface area contributed by atoms with E-state index in [0.29, 0.717) is 0 Å². The summed E-state index contributed by atoms with van der Waals surface area (Å²) in [6.45, 7) is 0. The molecule has 0 saturated carbocycles. The number of nitrogens with one attached hydrogen (secondary N) is 3. The number of amides is 1. The molecule has 0 saturated heterocycles. The van der Waals surface area contributed by atoms with Crippen molar-refractivity contribution in [1.82, 2.24) is 30.0 Å². The van der Waals surface area contributed by atoms with Gasteiger partial charge in [0.15, 0.2) is 0 Å². The Balaban J connectivity index is 1.74. The molecule has 0 spiro atoms. The van der Waals surface area contributed by atoms with Crippen molar-refractivity contribution in [2.24, 2.45) is 7.05 Å². The van der Waals surface area contributed by atoms with E-state index in [1.807, 2.05) is 42.1 Å². The number of nitrogens with zero attached hydrogens (tertiary/aromatic N) is 3. The summed E-state index contributed by atoms with van der Waals surface area (Å²) in [5.41, 5.74) is 0.762. The van der Waals surface area contributed by atoms with Crippen molar-refractivity contribution in [1.29, 1.82) is 0 Å². The van der Waals surface area contributed by atoms with Crippen molar-refractivity contribution >= 4 is 28.7 Å². The summed E-state index contributed by atoms with van der Waals surface area (Å²) in [5.74, 6) is 1.46. The third-order valence-corrected chi connectivity index (χ3v) is 5.09. The molecule has 0 bridgehead atoms. The first-order chi connectivity index (χ1) is 13.5. The molecule has 0 fully saturated rings. The van der Waals surface area contributed by atoms with Crippen LogP contribution in [0.25, 0.3) is 11.0 Å². The summed E-state index contributed by atoms with van der Waals surface area (Å²) < 4.78 is 1.99. The minimum Gasteiger partial charge on any atom is -0.346 e. The number of hydrogen-bond acceptors (Lipinski definition) is 6. The maximum atomic E-state index is 12.5. The van der Waals surface area contributed by atoms with Crippen molar-refractivity contribution < 1.29 is 4.79 Å². The van der Waals surface area contributed by atoms with Crippen LogP contribution in [0.3, 0.4) is 0 Å². The SMILES string of the molecule is CSCC[C@@H](NC(=O)CCc1n[nH]c(=O)[nH]c1=O)c1nc2ccccc2n1C. The number of aromatic nitrogens is 5. The molecule has 3 N–H and O–H groups in total. The van der Waals surface area contributed by atoms with Gasteiger partial charge in [-0.15, -0.1) is 0 Å². The van der Waals surface area contributed by atoms with Gasteiger partial charge in [-0.25, -0.2) is 14.9 Å². The molecule has 0 aliphatic heterocycles. The van der Waals surface area contributed by atoms with Crippen LogP contribution in [0.5, 0.6) is 0 Å². The minimum atomic E-state index is -0.669. The summed E-state index contributed by atoms with van der Waals surface area (Å²) in [5, 5.41) is 8.89. The largest absolute Gasteiger partial charge is 0.346 e. The quantitative estimate of drug-likeness (QED) is 0.514. The van der Waals surface area contributed by atoms with Gasteiger partial charge >= 0.3 is 5.69 Å². The molecule has 3 rings (SSSR count). The summed E-state index contributed by atoms with van der Waals surface area (Å²) in [6, 6.07) is 7.59. The van der Waals surface area contributed by atoms with Crippen molar-refractivity contribution in [3.05, 3.63) is 56.6 Å². The highest BCUT2D eigenvalue weighted by atomic mass is 32.2. The summed E-state index contributed by atoms with van der Waals surface area (Å²) in [4.78, 5) is 42.0. The van der Waals surface area contributed by atoms with Crippen molar-refractivity contribution in [2.75, 3.05) is 12.0 Å². The van der Waals surface area contributed by atoms with Crippen LogP contribution in [0.2, 0.25) is 0 Å². The van der Waals surface area contributed by atoms with Gasteiger partial charge in [0.25, 0.3) is 5.56 Å². The smallest absolute Gasteiger partial charge is 0.342 e. The first-order valence-electron chi connectivity index (χ1n) is 8.87. The van der Waals surface area contributed by atoms with Gasteiger partial charge in [-0.1, -0.05) is 12.1 Å². The average Bonchev–Trinajstić information content (AvgIpc) is 3.01. The zero-order chi connectivity index (χ0) is 20.1. The Morgan fingerprint density at radius 1 is 1.32 bits per heavy atom. The number of para-hydroxylation sites is 2. The molecule has 0 aliphatic rings. The molecule has 0 radical (unpaired) electrons. The zero-order valence-electron chi connectivity index (χ0n) is 15.7. The lowest BCUT2D eigenvalue weighted by molar-refractivity contribution is -0.121. The van der Waals surface area contributed by atoms with E-state index in [4.69, 9.17) is 4.98 Å². The predicted octanol–water partition coefficient (Wildman–Crippen LogP) is 0.888. The molecule has 10 heteroatoms. The maximum absolute atomic E-state index is 12.5. The number of thioether (sulfide) groups is 1. The Morgan fingerprint density at radius 3 is 2.82 bits per heavy atom. The fraction of sp³-hybridized carbons (Fsp3) is 0.389. The van der Waals surface area contributed by atoms with Crippen LogP contribution in [0.4, 0.5) is 0 Å². The Bertz CT molecular complexity index is 1090. The highest BCUT2D eigenvalue weighted by Gasteiger charge is 2.20. The van der Waals surface area contributed by atoms with Crippen molar-refractivity contribution in [3.63, 3.8) is 0 Å². The van der Waals surface area contributed by atoms with E-state index in [9.17, 15) is 14.4 Å². The number of benzene rings is 1. The number of hydrogen-bond donors (Lipinski definition) is 3. The Kier molecular flexibility index (Phi) is 6.30. The van der Waals surface area contributed by atoms with E-state index in [2.05, 4.69) is 20.5 Å². The third-order valence-electron chi connectivity index (χ3n) is 4.45. The highest BCUT2D eigenvalue weighted by molar-refractivity contribution is 7.98. The molecule has 28 heavy (non-hydrogen) atoms. The summed E-state index contributed by atoms with van der Waals surface area (Å²) in [6.07, 6.45) is 2.97. The molecule has 9 nitrogen and oxygen atoms in total. The van der Waals surface area contributed by atoms with Crippen LogP contribution < -0.4 is 16.6 Å². The van der Waals surface area contributed by atoms with E-state index in [-0.39, 0.29) is 30.5 Å². The first-order valence-corrected chi connectivity index (χ1v) is 10.3. The molecule has 1 atom stereocenters. The lowest BCUT2D eigenvalue weighted by Crippen LogP contribution is -2.32. The normalized spacial score (nSPS) is 12.2. The zero-order valence-corrected chi connectivity index (χ0v) is 16.5. The Hall–Kier alpha value is -2.88. The highest BCUT2D eigenvalue weighted by Crippen LogP contribution is 2.23. The monoisotopic (exact) mass is 402 g/mol. The molecule has 148 valence electrons. The molecule has 2 heterocycles. The fourth-order valence-corrected chi connectivity index (χ4v) is 3.49. The number of imidazole rings is 1. The standard InChI is InChI=1S/C18H22N6O3S/c1-24-14-6-4-3-5-11(14)20-16(24)12(9-10-28-2)19-15(25)8-7-13-17(26)21-18(27)23-22-13/h3-6,12H,7-10H2,1-2H3,(H,19,25)(H2,21,23,26,27)/t12-/m1/s1. The van der Waals surface area contributed by atoms with Gasteiger partial charge in [0, 0.05) is 19.9 Å². The van der Waals surface area contributed by atoms with E-state index in [0.717, 1.165) is 29.0 Å². The fourth-order valence-electron chi connectivity index (χ4n) is 3.02. The van der Waals surface area contributed by atoms with Crippen LogP contribution >= 0.6 is 11.8 Å². The number of fused-ring (bicyclic) bond motifs is 1. The molecule has 0 aliphatic carbocycles. The predicted molar refractivity (Wildman–Crippen MR) is 108 cm³/mol. The van der Waals surface area contributed by atoms with E-state index in [1.165, 1.54) is 0 Å². The molecular formula is C18H22N6O3S. The Labute approximate surface area is 165 Å². The number of aryl methyl sites for hydroxylation is 2. The lowest BCUT2D eigenvalue weighted by Gasteiger charge is -2.18. The number of aromatic amines is 2. The van der Waals surface area contributed by atoms with Crippen LogP contribution in [0.1, 0.15) is 30.4 Å². The number of carbonyl (C=O) groups is 1. The van der Waals surface area contributed by atoms with Gasteiger partial charge in [0.05, 0.1) is 17.1 Å². The maximum Gasteiger partial charge on any atom is 0.342 e. The molecule has 2 aromatic heterocycles. The molecule has 0 unspecified atom stereocenters. The molecule has 3 aromatic rings. The van der Waals surface area contributed by atoms with Crippen LogP contribution in [-0.4, -0.2) is 42.6 Å². The van der Waals surface area contributed by atoms with Crippen LogP contribution in [0, 0.1) is 0 Å². The second kappa shape index (κ2) is 8.87. The van der Waals surface area contributed by atoms with E-state index < -0.39 is 11.2 Å². The lowest BCUT2D eigenvalue weighted by atomic mass is 10.1. The average molecular weight is 402 g/mol. The molecule has 1 amide bonds.